The van der Waals surface area contributed by atoms with E-state index >= 15 is 0 Å². The van der Waals surface area contributed by atoms with E-state index in [-0.39, 0.29) is 5.41 Å². The molecule has 0 N–H and O–H groups in total. The Kier molecular flexibility index (Phi) is 2.84. The fourth-order valence-electron chi connectivity index (χ4n) is 1.59. The molecule has 0 aliphatic rings. The molecule has 1 aromatic heterocycles. The molecule has 0 saturated carbocycles. The van der Waals surface area contributed by atoms with Crippen molar-refractivity contribution < 1.29 is 0 Å². The number of anilines is 1. The molecule has 0 fully saturated rings. The summed E-state index contributed by atoms with van der Waals surface area (Å²) in [4.78, 5) is 6.59. The van der Waals surface area contributed by atoms with Gasteiger partial charge in [0, 0.05) is 19.8 Å². The van der Waals surface area contributed by atoms with Gasteiger partial charge in [-0.3, -0.25) is 0 Å². The van der Waals surface area contributed by atoms with Crippen LogP contribution in [0.15, 0.2) is 12.1 Å². The van der Waals surface area contributed by atoms with Crippen LogP contribution in [-0.4, -0.2) is 19.1 Å². The zero-order chi connectivity index (χ0) is 10.9. The summed E-state index contributed by atoms with van der Waals surface area (Å²) in [6.07, 6.45) is 0. The third-order valence-electron chi connectivity index (χ3n) is 2.34. The van der Waals surface area contributed by atoms with Crippen LogP contribution in [0.5, 0.6) is 0 Å². The molecular formula is C12H20N2. The Hall–Kier alpha value is -1.05. The minimum Gasteiger partial charge on any atom is -0.363 e. The van der Waals surface area contributed by atoms with Gasteiger partial charge >= 0.3 is 0 Å². The molecule has 0 aliphatic heterocycles. The first-order chi connectivity index (χ1) is 6.32. The third kappa shape index (κ3) is 2.25. The Balaban J connectivity index is 3.15. The van der Waals surface area contributed by atoms with Crippen molar-refractivity contribution in [2.75, 3.05) is 19.0 Å². The van der Waals surface area contributed by atoms with Gasteiger partial charge in [0.25, 0.3) is 0 Å². The standard InChI is InChI=1S/C12H20N2/c1-9-10(12(2,3)4)7-8-11(13-9)14(5)6/h7-8H,1-6H3. The number of aryl methyl sites for hydroxylation is 1. The lowest BCUT2D eigenvalue weighted by Gasteiger charge is -2.22. The van der Waals surface area contributed by atoms with E-state index in [0.717, 1.165) is 11.5 Å². The molecule has 2 nitrogen and oxygen atoms in total. The molecule has 2 heteroatoms. The van der Waals surface area contributed by atoms with E-state index < -0.39 is 0 Å². The maximum absolute atomic E-state index is 4.57. The van der Waals surface area contributed by atoms with Crippen molar-refractivity contribution in [2.24, 2.45) is 0 Å². The van der Waals surface area contributed by atoms with E-state index in [1.165, 1.54) is 5.56 Å². The van der Waals surface area contributed by atoms with Crippen LogP contribution in [0.2, 0.25) is 0 Å². The Morgan fingerprint density at radius 3 is 2.07 bits per heavy atom. The minimum absolute atomic E-state index is 0.182. The first kappa shape index (κ1) is 11.0. The van der Waals surface area contributed by atoms with Gasteiger partial charge in [-0.25, -0.2) is 4.98 Å². The largest absolute Gasteiger partial charge is 0.363 e. The SMILES string of the molecule is Cc1nc(N(C)C)ccc1C(C)(C)C. The van der Waals surface area contributed by atoms with E-state index in [1.54, 1.807) is 0 Å². The molecule has 0 aromatic carbocycles. The van der Waals surface area contributed by atoms with Crippen molar-refractivity contribution in [2.45, 2.75) is 33.1 Å². The highest BCUT2D eigenvalue weighted by Crippen LogP contribution is 2.25. The molecule has 0 amide bonds. The van der Waals surface area contributed by atoms with Gasteiger partial charge in [0.1, 0.15) is 5.82 Å². The summed E-state index contributed by atoms with van der Waals surface area (Å²) in [5, 5.41) is 0. The molecule has 1 heterocycles. The molecule has 1 aromatic rings. The molecule has 0 aliphatic carbocycles. The van der Waals surface area contributed by atoms with Crippen molar-refractivity contribution in [1.82, 2.24) is 4.98 Å². The number of rotatable bonds is 1. The Labute approximate surface area is 87.0 Å². The smallest absolute Gasteiger partial charge is 0.128 e. The maximum atomic E-state index is 4.57. The number of nitrogens with zero attached hydrogens (tertiary/aromatic N) is 2. The molecule has 0 spiro atoms. The minimum atomic E-state index is 0.182. The molecule has 0 radical (unpaired) electrons. The average Bonchev–Trinajstić information content (AvgIpc) is 2.01. The van der Waals surface area contributed by atoms with Gasteiger partial charge in [-0.2, -0.15) is 0 Å². The predicted octanol–water partition coefficient (Wildman–Crippen LogP) is 2.75. The summed E-state index contributed by atoms with van der Waals surface area (Å²) in [7, 11) is 4.02. The van der Waals surface area contributed by atoms with E-state index in [1.807, 2.05) is 19.0 Å². The van der Waals surface area contributed by atoms with Gasteiger partial charge in [-0.1, -0.05) is 26.8 Å². The van der Waals surface area contributed by atoms with Crippen LogP contribution in [0, 0.1) is 6.92 Å². The van der Waals surface area contributed by atoms with Gasteiger partial charge < -0.3 is 4.90 Å². The van der Waals surface area contributed by atoms with Gasteiger partial charge in [0.2, 0.25) is 0 Å². The molecule has 14 heavy (non-hydrogen) atoms. The lowest BCUT2D eigenvalue weighted by atomic mass is 9.86. The van der Waals surface area contributed by atoms with E-state index in [4.69, 9.17) is 0 Å². The van der Waals surface area contributed by atoms with Crippen molar-refractivity contribution in [1.29, 1.82) is 0 Å². The topological polar surface area (TPSA) is 16.1 Å². The maximum Gasteiger partial charge on any atom is 0.128 e. The van der Waals surface area contributed by atoms with Gasteiger partial charge in [0.15, 0.2) is 0 Å². The van der Waals surface area contributed by atoms with Gasteiger partial charge in [-0.05, 0) is 24.0 Å². The molecule has 78 valence electrons. The van der Waals surface area contributed by atoms with Crippen LogP contribution >= 0.6 is 0 Å². The summed E-state index contributed by atoms with van der Waals surface area (Å²) >= 11 is 0. The van der Waals surface area contributed by atoms with E-state index in [0.29, 0.717) is 0 Å². The Morgan fingerprint density at radius 2 is 1.71 bits per heavy atom. The molecule has 0 bridgehead atoms. The number of aromatic nitrogens is 1. The van der Waals surface area contributed by atoms with Crippen molar-refractivity contribution in [3.05, 3.63) is 23.4 Å². The lowest BCUT2D eigenvalue weighted by Crippen LogP contribution is -2.16. The van der Waals surface area contributed by atoms with Crippen molar-refractivity contribution in [3.63, 3.8) is 0 Å². The van der Waals surface area contributed by atoms with Crippen molar-refractivity contribution in [3.8, 4) is 0 Å². The monoisotopic (exact) mass is 192 g/mol. The quantitative estimate of drug-likeness (QED) is 0.680. The Morgan fingerprint density at radius 1 is 1.14 bits per heavy atom. The second-order valence-electron chi connectivity index (χ2n) is 4.95. The normalized spacial score (nSPS) is 11.6. The van der Waals surface area contributed by atoms with Crippen LogP contribution in [0.25, 0.3) is 0 Å². The van der Waals surface area contributed by atoms with Gasteiger partial charge in [0.05, 0.1) is 0 Å². The number of pyridine rings is 1. The zero-order valence-electron chi connectivity index (χ0n) is 10.0. The number of hydrogen-bond acceptors (Lipinski definition) is 2. The molecule has 0 saturated heterocycles. The van der Waals surface area contributed by atoms with Crippen LogP contribution in [-0.2, 0) is 5.41 Å². The lowest BCUT2D eigenvalue weighted by molar-refractivity contribution is 0.582. The second kappa shape index (κ2) is 3.60. The summed E-state index contributed by atoms with van der Waals surface area (Å²) in [5.74, 6) is 1.02. The average molecular weight is 192 g/mol. The second-order valence-corrected chi connectivity index (χ2v) is 4.95. The van der Waals surface area contributed by atoms with Crippen LogP contribution in [0.1, 0.15) is 32.0 Å². The highest BCUT2D eigenvalue weighted by molar-refractivity contribution is 5.41. The molecule has 0 unspecified atom stereocenters. The fraction of sp³-hybridized carbons (Fsp3) is 0.583. The van der Waals surface area contributed by atoms with Gasteiger partial charge in [-0.15, -0.1) is 0 Å². The number of hydrogen-bond donors (Lipinski definition) is 0. The summed E-state index contributed by atoms with van der Waals surface area (Å²) in [5.41, 5.74) is 2.63. The summed E-state index contributed by atoms with van der Waals surface area (Å²) in [6, 6.07) is 4.26. The van der Waals surface area contributed by atoms with Crippen LogP contribution < -0.4 is 4.90 Å². The summed E-state index contributed by atoms with van der Waals surface area (Å²) < 4.78 is 0. The molecule has 0 atom stereocenters. The van der Waals surface area contributed by atoms with E-state index in [2.05, 4.69) is 44.8 Å². The Bertz CT molecular complexity index is 322. The fourth-order valence-corrected chi connectivity index (χ4v) is 1.59. The highest BCUT2D eigenvalue weighted by Gasteiger charge is 2.17. The highest BCUT2D eigenvalue weighted by atomic mass is 15.1. The first-order valence-electron chi connectivity index (χ1n) is 4.98. The molecule has 1 rings (SSSR count). The molecular weight excluding hydrogens is 172 g/mol. The van der Waals surface area contributed by atoms with Crippen LogP contribution in [0.4, 0.5) is 5.82 Å². The van der Waals surface area contributed by atoms with Crippen LogP contribution in [0.3, 0.4) is 0 Å². The van der Waals surface area contributed by atoms with Crippen molar-refractivity contribution >= 4 is 5.82 Å². The predicted molar refractivity (Wildman–Crippen MR) is 62.0 cm³/mol. The third-order valence-corrected chi connectivity index (χ3v) is 2.34. The summed E-state index contributed by atoms with van der Waals surface area (Å²) in [6.45, 7) is 8.72. The van der Waals surface area contributed by atoms with E-state index in [9.17, 15) is 0 Å². The zero-order valence-corrected chi connectivity index (χ0v) is 10.0. The first-order valence-corrected chi connectivity index (χ1v) is 4.98.